The zero-order valence-electron chi connectivity index (χ0n) is 45.5. The quantitative estimate of drug-likeness (QED) is 0.113. The molecule has 20 nitrogen and oxygen atoms in total. The van der Waals surface area contributed by atoms with E-state index in [-0.39, 0.29) is 0 Å². The van der Waals surface area contributed by atoms with E-state index in [2.05, 4.69) is 227 Å². The lowest BCUT2D eigenvalue weighted by Gasteiger charge is -2.53. The van der Waals surface area contributed by atoms with Crippen molar-refractivity contribution in [1.29, 1.82) is 0 Å². The maximum Gasteiger partial charge on any atom is 0.501 e. The first-order chi connectivity index (χ1) is 29.8. The van der Waals surface area contributed by atoms with Gasteiger partial charge in [-0.1, -0.05) is 0 Å². The van der Waals surface area contributed by atoms with Crippen LogP contribution in [0.15, 0.2) is 18.1 Å². The maximum absolute atomic E-state index is 7.80. The minimum absolute atomic E-state index is 0.723. The average molecular weight is 1020 g/mol. The van der Waals surface area contributed by atoms with E-state index >= 15 is 0 Å². The van der Waals surface area contributed by atoms with Crippen LogP contribution in [-0.2, 0) is 18.1 Å². The van der Waals surface area contributed by atoms with Crippen LogP contribution in [0, 0.1) is 0 Å². The van der Waals surface area contributed by atoms with Crippen molar-refractivity contribution in [2.45, 2.75) is 74.8 Å². The third kappa shape index (κ3) is 10.9. The largest absolute Gasteiger partial charge is 0.501 e. The molecule has 4 fully saturated rings. The smallest absolute Gasteiger partial charge is 0.293 e. The Hall–Kier alpha value is 0.710. The van der Waals surface area contributed by atoms with Crippen LogP contribution in [-0.4, -0.2) is 275 Å². The van der Waals surface area contributed by atoms with Crippen LogP contribution in [0.4, 0.5) is 0 Å². The van der Waals surface area contributed by atoms with E-state index in [1.807, 2.05) is 0 Å². The van der Waals surface area contributed by atoms with E-state index in [0.29, 0.717) is 0 Å². The molecule has 0 amide bonds. The van der Waals surface area contributed by atoms with Gasteiger partial charge in [-0.3, -0.25) is 76.0 Å². The van der Waals surface area contributed by atoms with Gasteiger partial charge in [0.15, 0.2) is 23.4 Å². The van der Waals surface area contributed by atoms with Gasteiger partial charge in [0.05, 0.1) is 0 Å². The molecular formula is C40H96N16O4P5+. The highest BCUT2D eigenvalue weighted by Gasteiger charge is 2.61. The van der Waals surface area contributed by atoms with Gasteiger partial charge in [0.2, 0.25) is 29.7 Å². The highest BCUT2D eigenvalue weighted by atomic mass is 31.3. The Bertz CT molecular complexity index is 1560. The first-order valence-corrected chi connectivity index (χ1v) is 31.9. The number of hydrogen-bond donors (Lipinski definition) is 0. The van der Waals surface area contributed by atoms with Crippen molar-refractivity contribution >= 4 is 37.6 Å². The second-order valence-electron chi connectivity index (χ2n) is 20.7. The molecule has 4 saturated heterocycles. The highest BCUT2D eigenvalue weighted by molar-refractivity contribution is 7.88. The SMILES string of the molecule is CN(C)C1(N(C)C)CCCP(=N[P+](N=P2(N(C)C)CCCC(N(C)C)(N(C)C)O2)(N=P2(N(C)C)CCCC(N(C)C)(N(C)C)O2)N=P2(N(C)C)CCCC(N(C)C)(N(C)C)O2)(N(C)C)O1. The van der Waals surface area contributed by atoms with Crippen LogP contribution in [0.2, 0.25) is 0 Å². The second kappa shape index (κ2) is 21.4. The fourth-order valence-corrected chi connectivity index (χ4v) is 31.8. The minimum Gasteiger partial charge on any atom is -0.293 e. The molecule has 4 heterocycles. The monoisotopic (exact) mass is 1020 g/mol. The van der Waals surface area contributed by atoms with Crippen LogP contribution in [0.25, 0.3) is 0 Å². The van der Waals surface area contributed by atoms with E-state index in [4.69, 9.17) is 36.2 Å². The molecule has 4 atom stereocenters. The summed E-state index contributed by atoms with van der Waals surface area (Å²) < 4.78 is 65.7. The first-order valence-electron chi connectivity index (χ1n) is 23.1. The lowest BCUT2D eigenvalue weighted by Crippen LogP contribution is -2.58. The maximum atomic E-state index is 7.80. The Morgan fingerprint density at radius 3 is 0.569 bits per heavy atom. The van der Waals surface area contributed by atoms with Crippen molar-refractivity contribution in [2.24, 2.45) is 18.1 Å². The summed E-state index contributed by atoms with van der Waals surface area (Å²) in [6, 6.07) is 0. The summed E-state index contributed by atoms with van der Waals surface area (Å²) in [4.78, 5) is 17.6. The Morgan fingerprint density at radius 1 is 0.292 bits per heavy atom. The van der Waals surface area contributed by atoms with Gasteiger partial charge < -0.3 is 0 Å². The molecule has 4 rings (SSSR count). The van der Waals surface area contributed by atoms with E-state index in [0.717, 1.165) is 76.0 Å². The summed E-state index contributed by atoms with van der Waals surface area (Å²) in [5, 5.41) is 0. The van der Waals surface area contributed by atoms with E-state index in [1.165, 1.54) is 0 Å². The van der Waals surface area contributed by atoms with Crippen LogP contribution in [0.1, 0.15) is 51.4 Å². The topological polar surface area (TPSA) is 125 Å². The van der Waals surface area contributed by atoms with Gasteiger partial charge in [0, 0.05) is 50.3 Å². The molecule has 0 aliphatic carbocycles. The molecule has 4 unspecified atom stereocenters. The molecule has 65 heavy (non-hydrogen) atoms. The molecule has 0 aromatic carbocycles. The minimum atomic E-state index is -3.83. The van der Waals surface area contributed by atoms with Crippen molar-refractivity contribution in [1.82, 2.24) is 57.9 Å². The molecule has 384 valence electrons. The van der Waals surface area contributed by atoms with Gasteiger partial charge in [0.1, 0.15) is 0 Å². The zero-order chi connectivity index (χ0) is 49.6. The molecule has 25 heteroatoms. The molecule has 4 aliphatic heterocycles. The molecule has 0 radical (unpaired) electrons. The Labute approximate surface area is 398 Å². The van der Waals surface area contributed by atoms with Gasteiger partial charge in [0.25, 0.3) is 0 Å². The third-order valence-electron chi connectivity index (χ3n) is 14.1. The fourth-order valence-electron chi connectivity index (χ4n) is 9.96. The van der Waals surface area contributed by atoms with E-state index in [1.54, 1.807) is 0 Å². The lowest BCUT2D eigenvalue weighted by molar-refractivity contribution is -0.169. The van der Waals surface area contributed by atoms with Crippen molar-refractivity contribution in [3.63, 3.8) is 0 Å². The van der Waals surface area contributed by atoms with Crippen LogP contribution in [0.3, 0.4) is 0 Å². The highest BCUT2D eigenvalue weighted by Crippen LogP contribution is 2.88. The normalized spacial score (nSPS) is 31.7. The van der Waals surface area contributed by atoms with Crippen molar-refractivity contribution in [3.05, 3.63) is 0 Å². The summed E-state index contributed by atoms with van der Waals surface area (Å²) in [7, 11) is 34.9. The second-order valence-corrected chi connectivity index (χ2v) is 35.7. The van der Waals surface area contributed by atoms with Gasteiger partial charge in [-0.25, -0.2) is 0 Å². The molecular weight excluding hydrogens is 923 g/mol. The van der Waals surface area contributed by atoms with Crippen LogP contribution in [0.5, 0.6) is 0 Å². The summed E-state index contributed by atoms with van der Waals surface area (Å²) >= 11 is 0. The summed E-state index contributed by atoms with van der Waals surface area (Å²) in [5.41, 5.74) is 0. The third-order valence-corrected chi connectivity index (χ3v) is 33.4. The molecule has 0 aromatic rings. The van der Waals surface area contributed by atoms with Crippen LogP contribution >= 0.6 is 37.6 Å². The Balaban J connectivity index is 2.50. The summed E-state index contributed by atoms with van der Waals surface area (Å²) in [5.74, 6) is -2.95. The standard InChI is InChI=1S/C40H96N16O4P5/c1-45(2)37(46(3)4)29-25-33-61(57-37,53(17)18)41-65(42-62(54(19)20)34-26-30-38(58-62,47(5)6)48(7)8,43-63(55(21)22)35-27-31-39(59-63,49(9)10)50(11)12)44-64(56(23)24)36-28-32-40(60-64,51(13)14)52(15)16/h25-36H2,1-24H3/q+1. The van der Waals surface area contributed by atoms with Crippen molar-refractivity contribution in [3.8, 4) is 0 Å². The van der Waals surface area contributed by atoms with Crippen molar-refractivity contribution < 1.29 is 18.1 Å². The number of rotatable bonds is 16. The molecule has 0 saturated carbocycles. The fraction of sp³-hybridized carbons (Fsp3) is 1.00. The van der Waals surface area contributed by atoms with Gasteiger partial charge in [-0.2, -0.15) is 0 Å². The Kier molecular flexibility index (Phi) is 19.2. The van der Waals surface area contributed by atoms with Gasteiger partial charge in [-0.15, -0.1) is 0 Å². The van der Waals surface area contributed by atoms with Crippen LogP contribution < -0.4 is 0 Å². The van der Waals surface area contributed by atoms with Crippen molar-refractivity contribution in [2.75, 3.05) is 194 Å². The lowest BCUT2D eigenvalue weighted by atomic mass is 10.2. The first kappa shape index (κ1) is 58.3. The molecule has 0 aromatic heterocycles. The van der Waals surface area contributed by atoms with Gasteiger partial charge >= 0.3 is 7.87 Å². The number of hydrogen-bond acceptors (Lipinski definition) is 16. The molecule has 0 N–H and O–H groups in total. The summed E-state index contributed by atoms with van der Waals surface area (Å²) in [6.45, 7) is 0. The molecule has 4 aliphatic rings. The van der Waals surface area contributed by atoms with Gasteiger partial charge in [-0.05, 0) is 213 Å². The summed E-state index contributed by atoms with van der Waals surface area (Å²) in [6.07, 6.45) is 9.74. The zero-order valence-corrected chi connectivity index (χ0v) is 50.0. The van der Waals surface area contributed by atoms with E-state index < -0.39 is 61.0 Å². The predicted octanol–water partition coefficient (Wildman–Crippen LogP) is 7.38. The predicted molar refractivity (Wildman–Crippen MR) is 280 cm³/mol. The number of nitrogens with zero attached hydrogens (tertiary/aromatic N) is 16. The average Bonchev–Trinajstić information content (AvgIpc) is 3.20. The molecule has 0 spiro atoms. The van der Waals surface area contributed by atoms with E-state index in [9.17, 15) is 0 Å². The molecule has 0 bridgehead atoms. The Morgan fingerprint density at radius 2 is 0.446 bits per heavy atom.